The molecule has 0 aliphatic rings. The third-order valence-electron chi connectivity index (χ3n) is 3.30. The van der Waals surface area contributed by atoms with Gasteiger partial charge in [0.1, 0.15) is 5.75 Å². The van der Waals surface area contributed by atoms with Crippen LogP contribution in [0.3, 0.4) is 0 Å². The predicted octanol–water partition coefficient (Wildman–Crippen LogP) is 5.68. The van der Waals surface area contributed by atoms with Gasteiger partial charge in [0.05, 0.1) is 16.9 Å². The van der Waals surface area contributed by atoms with Gasteiger partial charge in [0.2, 0.25) is 0 Å². The summed E-state index contributed by atoms with van der Waals surface area (Å²) in [5.74, 6) is 0.932. The van der Waals surface area contributed by atoms with Gasteiger partial charge >= 0.3 is 0 Å². The van der Waals surface area contributed by atoms with Gasteiger partial charge in [-0.15, -0.1) is 11.3 Å². The minimum Gasteiger partial charge on any atom is -0.496 e. The quantitative estimate of drug-likeness (QED) is 0.633. The molecule has 2 rings (SSSR count). The van der Waals surface area contributed by atoms with Gasteiger partial charge in [-0.25, -0.2) is 0 Å². The number of benzene rings is 1. The second-order valence-corrected chi connectivity index (χ2v) is 8.14. The van der Waals surface area contributed by atoms with Crippen molar-refractivity contribution in [1.29, 1.82) is 0 Å². The van der Waals surface area contributed by atoms with Crippen LogP contribution in [0.15, 0.2) is 32.5 Å². The van der Waals surface area contributed by atoms with Crippen LogP contribution >= 0.6 is 43.2 Å². The Morgan fingerprint density at radius 3 is 2.57 bits per heavy atom. The molecule has 1 atom stereocenters. The zero-order valence-electron chi connectivity index (χ0n) is 12.4. The molecule has 1 aromatic heterocycles. The molecule has 0 aliphatic carbocycles. The van der Waals surface area contributed by atoms with Gasteiger partial charge in [0.25, 0.3) is 0 Å². The van der Waals surface area contributed by atoms with Crippen LogP contribution in [0.1, 0.15) is 35.4 Å². The van der Waals surface area contributed by atoms with Gasteiger partial charge in [-0.2, -0.15) is 0 Å². The third kappa shape index (κ3) is 4.09. The van der Waals surface area contributed by atoms with Crippen LogP contribution in [0.2, 0.25) is 0 Å². The number of nitrogens with one attached hydrogen (secondary N) is 1. The van der Waals surface area contributed by atoms with Crippen molar-refractivity contribution in [2.24, 2.45) is 0 Å². The first kappa shape index (κ1) is 17.0. The minimum atomic E-state index is 0.210. The standard InChI is InChI=1S/C16H19Br2NOS/c1-4-7-19-15(14-9-12(17)16(18)21-14)11-5-6-13(20-3)10(2)8-11/h5-6,8-9,15,19H,4,7H2,1-3H3. The Kier molecular flexibility index (Phi) is 6.29. The lowest BCUT2D eigenvalue weighted by atomic mass is 10.0. The number of thiophene rings is 1. The Bertz CT molecular complexity index is 593. The van der Waals surface area contributed by atoms with E-state index in [1.807, 2.05) is 6.07 Å². The molecule has 5 heteroatoms. The van der Waals surface area contributed by atoms with Gasteiger partial charge < -0.3 is 10.1 Å². The summed E-state index contributed by atoms with van der Waals surface area (Å²) in [6.45, 7) is 5.26. The van der Waals surface area contributed by atoms with E-state index >= 15 is 0 Å². The number of aryl methyl sites for hydroxylation is 1. The number of hydrogen-bond donors (Lipinski definition) is 1. The molecule has 0 bridgehead atoms. The van der Waals surface area contributed by atoms with E-state index in [9.17, 15) is 0 Å². The van der Waals surface area contributed by atoms with E-state index in [2.05, 4.69) is 69.2 Å². The van der Waals surface area contributed by atoms with Crippen molar-refractivity contribution in [3.05, 3.63) is 48.5 Å². The monoisotopic (exact) mass is 431 g/mol. The predicted molar refractivity (Wildman–Crippen MR) is 97.6 cm³/mol. The van der Waals surface area contributed by atoms with Crippen molar-refractivity contribution in [2.75, 3.05) is 13.7 Å². The van der Waals surface area contributed by atoms with Crippen LogP contribution in [0.25, 0.3) is 0 Å². The normalized spacial score (nSPS) is 12.4. The molecule has 0 aliphatic heterocycles. The maximum atomic E-state index is 5.36. The lowest BCUT2D eigenvalue weighted by molar-refractivity contribution is 0.411. The Morgan fingerprint density at radius 1 is 1.29 bits per heavy atom. The summed E-state index contributed by atoms with van der Waals surface area (Å²) < 4.78 is 7.60. The molecule has 1 unspecified atom stereocenters. The first-order valence-corrected chi connectivity index (χ1v) is 9.29. The molecule has 1 N–H and O–H groups in total. The van der Waals surface area contributed by atoms with Gasteiger partial charge in [-0.3, -0.25) is 0 Å². The summed E-state index contributed by atoms with van der Waals surface area (Å²) in [5.41, 5.74) is 2.43. The fourth-order valence-corrected chi connectivity index (χ4v) is 4.45. The van der Waals surface area contributed by atoms with Crippen LogP contribution in [0, 0.1) is 6.92 Å². The SMILES string of the molecule is CCCNC(c1ccc(OC)c(C)c1)c1cc(Br)c(Br)s1. The van der Waals surface area contributed by atoms with Crippen LogP contribution in [-0.4, -0.2) is 13.7 Å². The van der Waals surface area contributed by atoms with Crippen LogP contribution in [0.4, 0.5) is 0 Å². The van der Waals surface area contributed by atoms with E-state index in [4.69, 9.17) is 4.74 Å². The lowest BCUT2D eigenvalue weighted by Gasteiger charge is -2.19. The van der Waals surface area contributed by atoms with E-state index < -0.39 is 0 Å². The number of ether oxygens (including phenoxy) is 1. The molecule has 114 valence electrons. The fourth-order valence-electron chi connectivity index (χ4n) is 2.26. The van der Waals surface area contributed by atoms with E-state index in [1.54, 1.807) is 18.4 Å². The first-order chi connectivity index (χ1) is 10.1. The van der Waals surface area contributed by atoms with E-state index in [0.717, 1.165) is 32.5 Å². The summed E-state index contributed by atoms with van der Waals surface area (Å²) in [6.07, 6.45) is 1.11. The highest BCUT2D eigenvalue weighted by atomic mass is 79.9. The Hall–Kier alpha value is -0.360. The van der Waals surface area contributed by atoms with Gasteiger partial charge in [-0.1, -0.05) is 19.1 Å². The molecular formula is C16H19Br2NOS. The maximum absolute atomic E-state index is 5.36. The number of hydrogen-bond acceptors (Lipinski definition) is 3. The number of halogens is 2. The third-order valence-corrected chi connectivity index (χ3v) is 6.62. The van der Waals surface area contributed by atoms with Crippen molar-refractivity contribution in [2.45, 2.75) is 26.3 Å². The summed E-state index contributed by atoms with van der Waals surface area (Å²) in [5, 5.41) is 3.64. The molecule has 2 aromatic rings. The lowest BCUT2D eigenvalue weighted by Crippen LogP contribution is -2.22. The zero-order chi connectivity index (χ0) is 15.4. The summed E-state index contributed by atoms with van der Waals surface area (Å²) in [4.78, 5) is 1.30. The summed E-state index contributed by atoms with van der Waals surface area (Å²) in [7, 11) is 1.71. The fraction of sp³-hybridized carbons (Fsp3) is 0.375. The molecule has 0 amide bonds. The highest BCUT2D eigenvalue weighted by Gasteiger charge is 2.18. The largest absolute Gasteiger partial charge is 0.496 e. The molecular weight excluding hydrogens is 414 g/mol. The highest BCUT2D eigenvalue weighted by molar-refractivity contribution is 9.13. The Morgan fingerprint density at radius 2 is 2.05 bits per heavy atom. The maximum Gasteiger partial charge on any atom is 0.121 e. The Labute approximate surface area is 147 Å². The molecule has 1 heterocycles. The highest BCUT2D eigenvalue weighted by Crippen LogP contribution is 2.38. The molecule has 0 saturated carbocycles. The van der Waals surface area contributed by atoms with E-state index in [-0.39, 0.29) is 6.04 Å². The van der Waals surface area contributed by atoms with E-state index in [0.29, 0.717) is 0 Å². The summed E-state index contributed by atoms with van der Waals surface area (Å²) >= 11 is 8.92. The second-order valence-electron chi connectivity index (χ2n) is 4.89. The molecule has 21 heavy (non-hydrogen) atoms. The smallest absolute Gasteiger partial charge is 0.121 e. The number of methoxy groups -OCH3 is 1. The zero-order valence-corrected chi connectivity index (χ0v) is 16.4. The van der Waals surface area contributed by atoms with Crippen LogP contribution in [0.5, 0.6) is 5.75 Å². The average Bonchev–Trinajstić information content (AvgIpc) is 2.79. The molecule has 0 spiro atoms. The molecule has 2 nitrogen and oxygen atoms in total. The van der Waals surface area contributed by atoms with Gasteiger partial charge in [-0.05, 0) is 75.0 Å². The molecule has 1 aromatic carbocycles. The van der Waals surface area contributed by atoms with Crippen molar-refractivity contribution < 1.29 is 4.74 Å². The van der Waals surface area contributed by atoms with Gasteiger partial charge in [0.15, 0.2) is 0 Å². The van der Waals surface area contributed by atoms with Gasteiger partial charge in [0, 0.05) is 9.35 Å². The van der Waals surface area contributed by atoms with Crippen molar-refractivity contribution in [3.8, 4) is 5.75 Å². The van der Waals surface area contributed by atoms with Crippen LogP contribution in [-0.2, 0) is 0 Å². The molecule has 0 fully saturated rings. The first-order valence-electron chi connectivity index (χ1n) is 6.89. The number of rotatable bonds is 6. The van der Waals surface area contributed by atoms with Crippen molar-refractivity contribution >= 4 is 43.2 Å². The topological polar surface area (TPSA) is 21.3 Å². The molecule has 0 radical (unpaired) electrons. The van der Waals surface area contributed by atoms with Crippen molar-refractivity contribution in [3.63, 3.8) is 0 Å². The minimum absolute atomic E-state index is 0.210. The van der Waals surface area contributed by atoms with Crippen molar-refractivity contribution in [1.82, 2.24) is 5.32 Å². The Balaban J connectivity index is 2.37. The average molecular weight is 433 g/mol. The second kappa shape index (κ2) is 7.77. The van der Waals surface area contributed by atoms with Crippen LogP contribution < -0.4 is 10.1 Å². The summed E-state index contributed by atoms with van der Waals surface area (Å²) in [6, 6.07) is 8.78. The van der Waals surface area contributed by atoms with E-state index in [1.165, 1.54) is 10.4 Å². The molecule has 0 saturated heterocycles.